The van der Waals surface area contributed by atoms with Gasteiger partial charge in [-0.3, -0.25) is 0 Å². The van der Waals surface area contributed by atoms with Crippen LogP contribution in [0.25, 0.3) is 11.1 Å². The van der Waals surface area contributed by atoms with Gasteiger partial charge < -0.3 is 24.0 Å². The van der Waals surface area contributed by atoms with Crippen molar-refractivity contribution in [2.75, 3.05) is 0 Å². The minimum absolute atomic E-state index is 0. The zero-order chi connectivity index (χ0) is 9.10. The Kier molecular flexibility index (Phi) is 4.07. The monoisotopic (exact) mass is 297 g/mol. The van der Waals surface area contributed by atoms with E-state index < -0.39 is 0 Å². The van der Waals surface area contributed by atoms with Crippen LogP contribution in [0.5, 0.6) is 0 Å². The quantitative estimate of drug-likeness (QED) is 0.478. The first kappa shape index (κ1) is 11.2. The van der Waals surface area contributed by atoms with Gasteiger partial charge in [-0.2, -0.15) is 0 Å². The molecule has 0 unspecified atom stereocenters. The number of pyridine rings is 1. The number of halogens is 1. The van der Waals surface area contributed by atoms with E-state index in [-0.39, 0.29) is 24.0 Å². The minimum Gasteiger partial charge on any atom is -1.00 e. The first-order valence-corrected chi connectivity index (χ1v) is 4.37. The van der Waals surface area contributed by atoms with Gasteiger partial charge in [0.25, 0.3) is 0 Å². The summed E-state index contributed by atoms with van der Waals surface area (Å²) in [7, 11) is 2.02. The number of benzene rings is 1. The van der Waals surface area contributed by atoms with Gasteiger partial charge in [-0.15, -0.1) is 0 Å². The van der Waals surface area contributed by atoms with Crippen LogP contribution in [-0.2, 0) is 7.05 Å². The van der Waals surface area contributed by atoms with Crippen molar-refractivity contribution in [3.8, 4) is 11.1 Å². The lowest BCUT2D eigenvalue weighted by atomic mass is 10.1. The van der Waals surface area contributed by atoms with Crippen LogP contribution in [0.4, 0.5) is 0 Å². The summed E-state index contributed by atoms with van der Waals surface area (Å²) in [5.74, 6) is 0. The Morgan fingerprint density at radius 1 is 0.786 bits per heavy atom. The van der Waals surface area contributed by atoms with E-state index in [1.807, 2.05) is 17.7 Å². The molecule has 0 fully saturated rings. The molecule has 2 rings (SSSR count). The molecule has 2 aromatic rings. The second-order valence-corrected chi connectivity index (χ2v) is 3.12. The highest BCUT2D eigenvalue weighted by atomic mass is 127. The summed E-state index contributed by atoms with van der Waals surface area (Å²) in [4.78, 5) is 0. The first-order chi connectivity index (χ1) is 6.36. The van der Waals surface area contributed by atoms with Crippen LogP contribution in [0, 0.1) is 0 Å². The average Bonchev–Trinajstić information content (AvgIpc) is 2.20. The Morgan fingerprint density at radius 3 is 1.86 bits per heavy atom. The lowest BCUT2D eigenvalue weighted by Gasteiger charge is -1.98. The maximum absolute atomic E-state index is 2.12. The van der Waals surface area contributed by atoms with Crippen molar-refractivity contribution in [1.29, 1.82) is 0 Å². The van der Waals surface area contributed by atoms with Crippen molar-refractivity contribution >= 4 is 0 Å². The van der Waals surface area contributed by atoms with Crippen LogP contribution in [-0.4, -0.2) is 0 Å². The van der Waals surface area contributed by atoms with Crippen molar-refractivity contribution in [3.05, 3.63) is 54.9 Å². The predicted octanol–water partition coefficient (Wildman–Crippen LogP) is -0.818. The highest BCUT2D eigenvalue weighted by molar-refractivity contribution is 5.61. The fourth-order valence-corrected chi connectivity index (χ4v) is 1.32. The van der Waals surface area contributed by atoms with Gasteiger partial charge in [0.2, 0.25) is 0 Å². The minimum atomic E-state index is 0. The lowest BCUT2D eigenvalue weighted by molar-refractivity contribution is -0.671. The van der Waals surface area contributed by atoms with E-state index in [1.54, 1.807) is 0 Å². The second-order valence-electron chi connectivity index (χ2n) is 3.12. The molecule has 0 atom stereocenters. The summed E-state index contributed by atoms with van der Waals surface area (Å²) in [6, 6.07) is 14.6. The van der Waals surface area contributed by atoms with Crippen LogP contribution in [0.2, 0.25) is 0 Å². The summed E-state index contributed by atoms with van der Waals surface area (Å²) in [5, 5.41) is 0. The predicted molar refractivity (Wildman–Crippen MR) is 53.1 cm³/mol. The highest BCUT2D eigenvalue weighted by Crippen LogP contribution is 2.16. The van der Waals surface area contributed by atoms with Crippen molar-refractivity contribution in [1.82, 2.24) is 0 Å². The Hall–Kier alpha value is -0.900. The first-order valence-electron chi connectivity index (χ1n) is 4.37. The van der Waals surface area contributed by atoms with Crippen molar-refractivity contribution in [3.63, 3.8) is 0 Å². The van der Waals surface area contributed by atoms with E-state index in [9.17, 15) is 0 Å². The van der Waals surface area contributed by atoms with Gasteiger partial charge >= 0.3 is 0 Å². The van der Waals surface area contributed by atoms with E-state index >= 15 is 0 Å². The molecule has 1 nitrogen and oxygen atoms in total. The van der Waals surface area contributed by atoms with Gasteiger partial charge in [0.15, 0.2) is 12.4 Å². The summed E-state index contributed by atoms with van der Waals surface area (Å²) in [6.45, 7) is 0. The third-order valence-electron chi connectivity index (χ3n) is 2.09. The molecular weight excluding hydrogens is 285 g/mol. The zero-order valence-electron chi connectivity index (χ0n) is 8.02. The highest BCUT2D eigenvalue weighted by Gasteiger charge is 1.97. The van der Waals surface area contributed by atoms with Crippen molar-refractivity contribution in [2.45, 2.75) is 0 Å². The number of hydrogen-bond donors (Lipinski definition) is 0. The molecule has 0 saturated carbocycles. The van der Waals surface area contributed by atoms with Crippen LogP contribution < -0.4 is 28.5 Å². The van der Waals surface area contributed by atoms with Gasteiger partial charge in [0.1, 0.15) is 7.05 Å². The number of rotatable bonds is 1. The van der Waals surface area contributed by atoms with E-state index in [1.165, 1.54) is 11.1 Å². The van der Waals surface area contributed by atoms with E-state index in [4.69, 9.17) is 0 Å². The zero-order valence-corrected chi connectivity index (χ0v) is 10.2. The molecule has 0 spiro atoms. The summed E-state index contributed by atoms with van der Waals surface area (Å²) in [5.41, 5.74) is 2.53. The van der Waals surface area contributed by atoms with E-state index in [0.29, 0.717) is 0 Å². The molecule has 0 aliphatic heterocycles. The number of aromatic nitrogens is 1. The molecule has 1 aromatic carbocycles. The molecule has 0 saturated heterocycles. The molecule has 0 N–H and O–H groups in total. The van der Waals surface area contributed by atoms with E-state index in [2.05, 4.69) is 48.8 Å². The maximum Gasteiger partial charge on any atom is 0.169 e. The fraction of sp³-hybridized carbons (Fsp3) is 0.0833. The molecule has 1 heterocycles. The Balaban J connectivity index is 0.000000980. The summed E-state index contributed by atoms with van der Waals surface area (Å²) < 4.78 is 2.03. The van der Waals surface area contributed by atoms with Crippen LogP contribution in [0.1, 0.15) is 0 Å². The van der Waals surface area contributed by atoms with E-state index in [0.717, 1.165) is 0 Å². The molecule has 0 aliphatic carbocycles. The SMILES string of the molecule is C[n+]1ccc(-c2ccccc2)cc1.[I-]. The van der Waals surface area contributed by atoms with Crippen LogP contribution in [0.15, 0.2) is 54.9 Å². The number of aryl methyl sites for hydroxylation is 1. The molecule has 0 radical (unpaired) electrons. The molecular formula is C12H12IN. The number of hydrogen-bond acceptors (Lipinski definition) is 0. The molecule has 0 aliphatic rings. The summed E-state index contributed by atoms with van der Waals surface area (Å²) >= 11 is 0. The number of nitrogens with zero attached hydrogens (tertiary/aromatic N) is 1. The van der Waals surface area contributed by atoms with Gasteiger partial charge in [0, 0.05) is 12.1 Å². The largest absolute Gasteiger partial charge is 1.00 e. The average molecular weight is 297 g/mol. The Morgan fingerprint density at radius 2 is 1.29 bits per heavy atom. The third kappa shape index (κ3) is 2.54. The Bertz CT molecular complexity index is 381. The third-order valence-corrected chi connectivity index (χ3v) is 2.09. The van der Waals surface area contributed by atoms with Crippen molar-refractivity contribution in [2.24, 2.45) is 7.05 Å². The molecule has 0 amide bonds. The molecule has 1 aromatic heterocycles. The molecule has 14 heavy (non-hydrogen) atoms. The molecule has 2 heteroatoms. The van der Waals surface area contributed by atoms with Gasteiger partial charge in [0.05, 0.1) is 0 Å². The molecule has 72 valence electrons. The fourth-order valence-electron chi connectivity index (χ4n) is 1.32. The maximum atomic E-state index is 2.12. The Labute approximate surface area is 101 Å². The normalized spacial score (nSPS) is 9.21. The van der Waals surface area contributed by atoms with Crippen LogP contribution in [0.3, 0.4) is 0 Å². The topological polar surface area (TPSA) is 3.88 Å². The van der Waals surface area contributed by atoms with Gasteiger partial charge in [-0.25, -0.2) is 4.57 Å². The van der Waals surface area contributed by atoms with Crippen molar-refractivity contribution < 1.29 is 28.5 Å². The standard InChI is InChI=1S/C12H12N.HI/c1-13-9-7-12(8-10-13)11-5-3-2-4-6-11;/h2-10H,1H3;1H/q+1;/p-1. The van der Waals surface area contributed by atoms with Crippen LogP contribution >= 0.6 is 0 Å². The summed E-state index contributed by atoms with van der Waals surface area (Å²) in [6.07, 6.45) is 4.12. The molecule has 0 bridgehead atoms. The lowest BCUT2D eigenvalue weighted by Crippen LogP contribution is -3.00. The smallest absolute Gasteiger partial charge is 0.169 e. The van der Waals surface area contributed by atoms with Gasteiger partial charge in [-0.1, -0.05) is 30.3 Å². The van der Waals surface area contributed by atoms with Gasteiger partial charge in [-0.05, 0) is 11.1 Å². The second kappa shape index (κ2) is 5.10.